The molecule has 1 saturated heterocycles. The van der Waals surface area contributed by atoms with Crippen molar-refractivity contribution < 1.29 is 53.1 Å². The van der Waals surface area contributed by atoms with Crippen LogP contribution in [0, 0.1) is 11.3 Å². The fourth-order valence-corrected chi connectivity index (χ4v) is 7.72. The Morgan fingerprint density at radius 2 is 1.75 bits per heavy atom. The smallest absolute Gasteiger partial charge is 0.482 e. The lowest BCUT2D eigenvalue weighted by molar-refractivity contribution is -0.143. The zero-order valence-electron chi connectivity index (χ0n) is 29.7. The minimum atomic E-state index is -0.993. The highest BCUT2D eigenvalue weighted by atomic mass is 16.7. The molecule has 2 aliphatic carbocycles. The van der Waals surface area contributed by atoms with Gasteiger partial charge in [-0.15, -0.1) is 0 Å². The van der Waals surface area contributed by atoms with Crippen molar-refractivity contribution >= 4 is 29.9 Å². The summed E-state index contributed by atoms with van der Waals surface area (Å²) >= 11 is 0. The molecule has 52 heavy (non-hydrogen) atoms. The number of ether oxygens (including phenoxy) is 4. The number of carboxylic acids is 1. The molecule has 0 radical (unpaired) electrons. The van der Waals surface area contributed by atoms with Crippen LogP contribution in [0.25, 0.3) is 0 Å². The van der Waals surface area contributed by atoms with E-state index in [-0.39, 0.29) is 73.9 Å². The second-order valence-electron chi connectivity index (χ2n) is 14.9. The number of carboxylic acid groups (broad SMARTS) is 1. The Balaban J connectivity index is 1.12. The van der Waals surface area contributed by atoms with E-state index in [0.29, 0.717) is 11.3 Å². The van der Waals surface area contributed by atoms with Crippen LogP contribution in [0.5, 0.6) is 17.2 Å². The van der Waals surface area contributed by atoms with E-state index in [0.717, 1.165) is 30.5 Å². The third kappa shape index (κ3) is 7.22. The Kier molecular flexibility index (Phi) is 10.3. The van der Waals surface area contributed by atoms with Crippen LogP contribution in [-0.4, -0.2) is 90.0 Å². The number of hydrogen-bond donors (Lipinski definition) is 4. The fourth-order valence-electron chi connectivity index (χ4n) is 7.72. The minimum Gasteiger partial charge on any atom is -0.482 e. The van der Waals surface area contributed by atoms with E-state index in [1.54, 1.807) is 39.0 Å². The van der Waals surface area contributed by atoms with Crippen LogP contribution < -0.4 is 24.8 Å². The zero-order chi connectivity index (χ0) is 37.4. The maximum absolute atomic E-state index is 13.3. The summed E-state index contributed by atoms with van der Waals surface area (Å²) in [6.45, 7) is 5.75. The molecule has 4 aliphatic rings. The number of carbonyl (C=O) groups is 5. The lowest BCUT2D eigenvalue weighted by atomic mass is 9.53. The van der Waals surface area contributed by atoms with Gasteiger partial charge in [0, 0.05) is 48.9 Å². The zero-order valence-corrected chi connectivity index (χ0v) is 29.7. The summed E-state index contributed by atoms with van der Waals surface area (Å²) in [6.07, 6.45) is 3.35. The second kappa shape index (κ2) is 14.6. The molecule has 2 aromatic carbocycles. The van der Waals surface area contributed by atoms with Gasteiger partial charge in [0.1, 0.15) is 24.6 Å². The van der Waals surface area contributed by atoms with E-state index in [4.69, 9.17) is 24.1 Å². The first-order valence-corrected chi connectivity index (χ1v) is 17.5. The van der Waals surface area contributed by atoms with Crippen molar-refractivity contribution in [3.05, 3.63) is 64.7 Å². The molecule has 14 nitrogen and oxygen atoms in total. The van der Waals surface area contributed by atoms with Gasteiger partial charge in [0.15, 0.2) is 11.5 Å². The first kappa shape index (κ1) is 36.8. The van der Waals surface area contributed by atoms with Crippen molar-refractivity contribution in [1.82, 2.24) is 15.5 Å². The number of hydrogen-bond acceptors (Lipinski definition) is 11. The average Bonchev–Trinajstić information content (AvgIpc) is 3.45. The van der Waals surface area contributed by atoms with Crippen LogP contribution in [0.2, 0.25) is 0 Å². The average molecular weight is 720 g/mol. The maximum atomic E-state index is 13.3. The number of nitrogens with zero attached hydrogens (tertiary/aromatic N) is 1. The first-order chi connectivity index (χ1) is 24.7. The Morgan fingerprint density at radius 1 is 1.00 bits per heavy atom. The Bertz CT molecular complexity index is 1800. The molecule has 4 N–H and O–H groups in total. The number of aliphatic hydroxyl groups excluding tert-OH is 1. The number of likely N-dealkylation sites (N-methyl/N-ethyl adjacent to an activating group) is 1. The topological polar surface area (TPSA) is 190 Å². The Morgan fingerprint density at radius 3 is 2.50 bits per heavy atom. The lowest BCUT2D eigenvalue weighted by Crippen LogP contribution is -2.64. The Labute approximate surface area is 301 Å². The van der Waals surface area contributed by atoms with E-state index in [1.807, 2.05) is 6.07 Å². The van der Waals surface area contributed by atoms with E-state index in [1.165, 1.54) is 12.1 Å². The molecule has 278 valence electrons. The molecule has 6 rings (SSSR count). The van der Waals surface area contributed by atoms with Crippen LogP contribution >= 0.6 is 0 Å². The molecule has 0 saturated carbocycles. The van der Waals surface area contributed by atoms with Gasteiger partial charge in [0.25, 0.3) is 5.91 Å². The number of aliphatic hydroxyl groups is 1. The highest BCUT2D eigenvalue weighted by Crippen LogP contribution is 2.62. The minimum absolute atomic E-state index is 0.00247. The van der Waals surface area contributed by atoms with Gasteiger partial charge in [-0.2, -0.15) is 0 Å². The standard InChI is InChI=1S/C38H45N3O11/c1-37(2,3)35(47)50-27-12-8-21(18-23(27)34(46)40-16-15-39-29(43)6-5-7-30(44)45)20-49-36(48)51-28-13-9-22-19-25-24-10-11-26(42)33-38(24,14-17-41(25)4)31(22)32(28)52-33/h8-13,18,24-26,33,42H,5-7,14-17,19-20H2,1-4H3,(H,39,43)(H,40,46)(H,44,45)/t24-,25+,26-,33-,38-/m0/s1. The third-order valence-corrected chi connectivity index (χ3v) is 10.3. The molecule has 5 atom stereocenters. The summed E-state index contributed by atoms with van der Waals surface area (Å²) in [5, 5.41) is 25.0. The molecule has 2 bridgehead atoms. The van der Waals surface area contributed by atoms with E-state index in [9.17, 15) is 29.1 Å². The van der Waals surface area contributed by atoms with Crippen LogP contribution in [0.15, 0.2) is 42.5 Å². The number of rotatable bonds is 12. The number of piperidine rings is 1. The van der Waals surface area contributed by atoms with Gasteiger partial charge in [0.2, 0.25) is 5.91 Å². The SMILES string of the molecule is CN1CC[C@]23c4c5ccc(OC(=O)OCc6ccc(OC(=O)C(C)(C)C)c(C(=O)NCCNC(=O)CCCC(=O)O)c6)c4O[C@H]2[C@@H](O)C=C[C@H]3[C@H]1C5. The van der Waals surface area contributed by atoms with Gasteiger partial charge in [-0.25, -0.2) is 4.79 Å². The lowest BCUT2D eigenvalue weighted by Gasteiger charge is -2.56. The van der Waals surface area contributed by atoms with Crippen molar-refractivity contribution in [3.63, 3.8) is 0 Å². The molecular weight excluding hydrogens is 674 g/mol. The second-order valence-corrected chi connectivity index (χ2v) is 14.9. The summed E-state index contributed by atoms with van der Waals surface area (Å²) < 4.78 is 23.1. The third-order valence-electron chi connectivity index (χ3n) is 10.3. The summed E-state index contributed by atoms with van der Waals surface area (Å²) in [4.78, 5) is 64.0. The molecule has 14 heteroatoms. The molecule has 0 aromatic heterocycles. The number of benzene rings is 2. The van der Waals surface area contributed by atoms with Crippen molar-refractivity contribution in [2.45, 2.75) is 83.1 Å². The van der Waals surface area contributed by atoms with Gasteiger partial charge in [-0.1, -0.05) is 24.3 Å². The maximum Gasteiger partial charge on any atom is 0.514 e. The fraction of sp³-hybridized carbons (Fsp3) is 0.500. The number of esters is 1. The van der Waals surface area contributed by atoms with Gasteiger partial charge in [-0.3, -0.25) is 19.2 Å². The molecule has 2 aliphatic heterocycles. The van der Waals surface area contributed by atoms with Crippen molar-refractivity contribution in [3.8, 4) is 17.2 Å². The highest BCUT2D eigenvalue weighted by Gasteiger charge is 2.64. The van der Waals surface area contributed by atoms with E-state index >= 15 is 0 Å². The van der Waals surface area contributed by atoms with Crippen LogP contribution in [0.4, 0.5) is 4.79 Å². The summed E-state index contributed by atoms with van der Waals surface area (Å²) in [7, 11) is 2.13. The van der Waals surface area contributed by atoms with Crippen molar-refractivity contribution in [1.29, 1.82) is 0 Å². The highest BCUT2D eigenvalue weighted by molar-refractivity contribution is 5.98. The summed E-state index contributed by atoms with van der Waals surface area (Å²) in [5.74, 6) is -1.67. The van der Waals surface area contributed by atoms with Crippen LogP contribution in [-0.2, 0) is 37.6 Å². The molecule has 1 spiro atoms. The Hall–Kier alpha value is -4.95. The van der Waals surface area contributed by atoms with E-state index in [2.05, 4.69) is 28.7 Å². The van der Waals surface area contributed by atoms with E-state index < -0.39 is 47.0 Å². The van der Waals surface area contributed by atoms with Gasteiger partial charge < -0.3 is 44.7 Å². The van der Waals surface area contributed by atoms with Gasteiger partial charge >= 0.3 is 18.1 Å². The number of amides is 2. The normalized spacial score (nSPS) is 23.9. The molecule has 2 amide bonds. The summed E-state index contributed by atoms with van der Waals surface area (Å²) in [6, 6.07) is 8.36. The van der Waals surface area contributed by atoms with Gasteiger partial charge in [0.05, 0.1) is 11.0 Å². The molecular formula is C38H45N3O11. The molecule has 2 aromatic rings. The number of carbonyl (C=O) groups excluding carboxylic acids is 4. The first-order valence-electron chi connectivity index (χ1n) is 17.5. The van der Waals surface area contributed by atoms with Gasteiger partial charge in [-0.05, 0) is 83.0 Å². The van der Waals surface area contributed by atoms with Crippen molar-refractivity contribution in [2.75, 3.05) is 26.7 Å². The van der Waals surface area contributed by atoms with Crippen LogP contribution in [0.3, 0.4) is 0 Å². The van der Waals surface area contributed by atoms with Crippen molar-refractivity contribution in [2.24, 2.45) is 11.3 Å². The summed E-state index contributed by atoms with van der Waals surface area (Å²) in [5.41, 5.74) is 1.26. The monoisotopic (exact) mass is 719 g/mol. The van der Waals surface area contributed by atoms with Crippen LogP contribution in [0.1, 0.15) is 73.5 Å². The number of nitrogens with one attached hydrogen (secondary N) is 2. The molecule has 2 heterocycles. The number of aliphatic carboxylic acids is 1. The molecule has 0 unspecified atom stereocenters. The largest absolute Gasteiger partial charge is 0.514 e. The predicted molar refractivity (Wildman–Crippen MR) is 185 cm³/mol. The molecule has 1 fully saturated rings. The number of likely N-dealkylation sites (tertiary alicyclic amines) is 1. The predicted octanol–water partition coefficient (Wildman–Crippen LogP) is 3.26. The quantitative estimate of drug-likeness (QED) is 0.0825.